The zero-order chi connectivity index (χ0) is 15.7. The second kappa shape index (κ2) is 5.33. The average Bonchev–Trinajstić information content (AvgIpc) is 2.49. The molecule has 2 aromatic carbocycles. The number of phenolic OH excluding ortho intramolecular Hbond substituents is 1. The highest BCUT2D eigenvalue weighted by Gasteiger charge is 2.06. The number of aromatic nitrogens is 2. The van der Waals surface area contributed by atoms with Gasteiger partial charge >= 0.3 is 5.69 Å². The quantitative estimate of drug-likeness (QED) is 0.704. The molecule has 0 aliphatic heterocycles. The zero-order valence-corrected chi connectivity index (χ0v) is 11.8. The van der Waals surface area contributed by atoms with Crippen molar-refractivity contribution in [2.75, 3.05) is 0 Å². The number of benzene rings is 2. The number of aromatic amines is 1. The normalized spacial score (nSPS) is 11.3. The van der Waals surface area contributed by atoms with Crippen LogP contribution in [0.1, 0.15) is 11.1 Å². The predicted octanol–water partition coefficient (Wildman–Crippen LogP) is 1.59. The maximum atomic E-state index is 12.3. The molecule has 0 saturated carbocycles. The summed E-state index contributed by atoms with van der Waals surface area (Å²) in [6.07, 6.45) is 1.28. The van der Waals surface area contributed by atoms with Gasteiger partial charge in [0.1, 0.15) is 5.75 Å². The number of hydrogen-bond donors (Lipinski definition) is 2. The SMILES string of the molecule is Cc1ccc(/C=N/n2c(=O)[nH]c3ccccc3c2=O)c(O)c1. The monoisotopic (exact) mass is 295 g/mol. The Morgan fingerprint density at radius 2 is 1.95 bits per heavy atom. The van der Waals surface area contributed by atoms with Crippen molar-refractivity contribution >= 4 is 17.1 Å². The van der Waals surface area contributed by atoms with Crippen molar-refractivity contribution in [2.24, 2.45) is 5.10 Å². The van der Waals surface area contributed by atoms with E-state index in [2.05, 4.69) is 10.1 Å². The lowest BCUT2D eigenvalue weighted by Gasteiger charge is -2.02. The lowest BCUT2D eigenvalue weighted by molar-refractivity contribution is 0.474. The molecule has 2 N–H and O–H groups in total. The summed E-state index contributed by atoms with van der Waals surface area (Å²) in [5.41, 5.74) is 0.635. The van der Waals surface area contributed by atoms with Crippen molar-refractivity contribution < 1.29 is 5.11 Å². The molecule has 110 valence electrons. The number of aryl methyl sites for hydroxylation is 1. The summed E-state index contributed by atoms with van der Waals surface area (Å²) >= 11 is 0. The molecule has 6 nitrogen and oxygen atoms in total. The molecule has 22 heavy (non-hydrogen) atoms. The number of nitrogens with one attached hydrogen (secondary N) is 1. The summed E-state index contributed by atoms with van der Waals surface area (Å²) in [5.74, 6) is 0.0361. The Balaban J connectivity index is 2.13. The summed E-state index contributed by atoms with van der Waals surface area (Å²) in [6, 6.07) is 11.7. The Labute approximate surface area is 125 Å². The summed E-state index contributed by atoms with van der Waals surface area (Å²) in [7, 11) is 0. The van der Waals surface area contributed by atoms with E-state index in [1.54, 1.807) is 42.5 Å². The third kappa shape index (κ3) is 2.42. The summed E-state index contributed by atoms with van der Waals surface area (Å²) < 4.78 is 0.738. The first-order valence-corrected chi connectivity index (χ1v) is 6.64. The summed E-state index contributed by atoms with van der Waals surface area (Å²) in [5, 5.41) is 14.1. The molecule has 0 aliphatic rings. The molecule has 0 saturated heterocycles. The van der Waals surface area contributed by atoms with Gasteiger partial charge in [0.2, 0.25) is 0 Å². The van der Waals surface area contributed by atoms with Gasteiger partial charge in [-0.2, -0.15) is 5.10 Å². The van der Waals surface area contributed by atoms with E-state index in [-0.39, 0.29) is 5.75 Å². The number of nitrogens with zero attached hydrogens (tertiary/aromatic N) is 2. The van der Waals surface area contributed by atoms with Crippen LogP contribution in [0.3, 0.4) is 0 Å². The zero-order valence-electron chi connectivity index (χ0n) is 11.8. The molecule has 0 fully saturated rings. The molecular formula is C16H13N3O3. The number of hydrogen-bond acceptors (Lipinski definition) is 4. The number of H-pyrrole nitrogens is 1. The molecule has 0 amide bonds. The minimum absolute atomic E-state index is 0.0361. The molecule has 0 atom stereocenters. The van der Waals surface area contributed by atoms with E-state index in [1.807, 2.05) is 6.92 Å². The fraction of sp³-hybridized carbons (Fsp3) is 0.0625. The van der Waals surface area contributed by atoms with Crippen LogP contribution in [0.15, 0.2) is 57.2 Å². The van der Waals surface area contributed by atoms with Gasteiger partial charge in [-0.05, 0) is 36.8 Å². The highest BCUT2D eigenvalue weighted by atomic mass is 16.3. The van der Waals surface area contributed by atoms with Crippen molar-refractivity contribution in [1.29, 1.82) is 0 Å². The molecule has 0 radical (unpaired) electrons. The Morgan fingerprint density at radius 1 is 1.18 bits per heavy atom. The average molecular weight is 295 g/mol. The Kier molecular flexibility index (Phi) is 3.34. The van der Waals surface area contributed by atoms with Crippen LogP contribution >= 0.6 is 0 Å². The first kappa shape index (κ1) is 13.8. The lowest BCUT2D eigenvalue weighted by atomic mass is 10.1. The van der Waals surface area contributed by atoms with Crippen molar-refractivity contribution in [1.82, 2.24) is 9.66 Å². The van der Waals surface area contributed by atoms with Crippen LogP contribution in [0.2, 0.25) is 0 Å². The Bertz CT molecular complexity index is 999. The van der Waals surface area contributed by atoms with Gasteiger partial charge in [-0.15, -0.1) is 4.68 Å². The molecule has 0 aliphatic carbocycles. The first-order valence-electron chi connectivity index (χ1n) is 6.64. The van der Waals surface area contributed by atoms with E-state index in [1.165, 1.54) is 6.21 Å². The van der Waals surface area contributed by atoms with E-state index in [4.69, 9.17) is 0 Å². The van der Waals surface area contributed by atoms with E-state index in [9.17, 15) is 14.7 Å². The molecule has 1 heterocycles. The van der Waals surface area contributed by atoms with Crippen LogP contribution in [0, 0.1) is 6.92 Å². The van der Waals surface area contributed by atoms with Crippen LogP contribution in [-0.4, -0.2) is 21.0 Å². The van der Waals surface area contributed by atoms with Gasteiger partial charge in [0.15, 0.2) is 0 Å². The highest BCUT2D eigenvalue weighted by molar-refractivity contribution is 5.83. The third-order valence-corrected chi connectivity index (χ3v) is 3.28. The summed E-state index contributed by atoms with van der Waals surface area (Å²) in [6.45, 7) is 1.85. The first-order chi connectivity index (χ1) is 10.6. The Hall–Kier alpha value is -3.15. The molecule has 0 unspecified atom stereocenters. The van der Waals surface area contributed by atoms with Crippen LogP contribution in [0.4, 0.5) is 0 Å². The van der Waals surface area contributed by atoms with E-state index >= 15 is 0 Å². The van der Waals surface area contributed by atoms with E-state index in [0.29, 0.717) is 16.5 Å². The maximum absolute atomic E-state index is 12.3. The fourth-order valence-electron chi connectivity index (χ4n) is 2.14. The van der Waals surface area contributed by atoms with Gasteiger partial charge in [-0.3, -0.25) is 4.79 Å². The van der Waals surface area contributed by atoms with Crippen LogP contribution in [0.25, 0.3) is 10.9 Å². The second-order valence-corrected chi connectivity index (χ2v) is 4.90. The van der Waals surface area contributed by atoms with Gasteiger partial charge in [0, 0.05) is 5.56 Å². The number of rotatable bonds is 2. The van der Waals surface area contributed by atoms with Crippen molar-refractivity contribution in [3.8, 4) is 5.75 Å². The molecule has 3 rings (SSSR count). The van der Waals surface area contributed by atoms with E-state index < -0.39 is 11.2 Å². The predicted molar refractivity (Wildman–Crippen MR) is 84.7 cm³/mol. The minimum Gasteiger partial charge on any atom is -0.507 e. The van der Waals surface area contributed by atoms with Crippen molar-refractivity contribution in [3.05, 3.63) is 74.4 Å². The molecule has 0 bridgehead atoms. The van der Waals surface area contributed by atoms with Crippen LogP contribution in [-0.2, 0) is 0 Å². The maximum Gasteiger partial charge on any atom is 0.349 e. The minimum atomic E-state index is -0.633. The Morgan fingerprint density at radius 3 is 2.73 bits per heavy atom. The van der Waals surface area contributed by atoms with Gasteiger partial charge < -0.3 is 10.1 Å². The number of phenols is 1. The highest BCUT2D eigenvalue weighted by Crippen LogP contribution is 2.16. The second-order valence-electron chi connectivity index (χ2n) is 4.90. The van der Waals surface area contributed by atoms with Crippen molar-refractivity contribution in [2.45, 2.75) is 6.92 Å². The van der Waals surface area contributed by atoms with Crippen LogP contribution in [0.5, 0.6) is 5.75 Å². The lowest BCUT2D eigenvalue weighted by Crippen LogP contribution is -2.32. The van der Waals surface area contributed by atoms with Gasteiger partial charge in [0.05, 0.1) is 17.1 Å². The molecule has 0 spiro atoms. The fourth-order valence-corrected chi connectivity index (χ4v) is 2.14. The molecule has 3 aromatic rings. The van der Waals surface area contributed by atoms with Crippen molar-refractivity contribution in [3.63, 3.8) is 0 Å². The van der Waals surface area contributed by atoms with Gasteiger partial charge in [0.25, 0.3) is 5.56 Å². The standard InChI is InChI=1S/C16H13N3O3/c1-10-6-7-11(14(20)8-10)9-17-19-15(21)12-4-2-3-5-13(12)18-16(19)22/h2-9,20H,1H3,(H,18,22)/b17-9+. The van der Waals surface area contributed by atoms with Crippen LogP contribution < -0.4 is 11.2 Å². The largest absolute Gasteiger partial charge is 0.507 e. The number of aromatic hydroxyl groups is 1. The summed E-state index contributed by atoms with van der Waals surface area (Å²) in [4.78, 5) is 26.8. The molecular weight excluding hydrogens is 282 g/mol. The number of para-hydroxylation sites is 1. The third-order valence-electron chi connectivity index (χ3n) is 3.28. The number of fused-ring (bicyclic) bond motifs is 1. The smallest absolute Gasteiger partial charge is 0.349 e. The van der Waals surface area contributed by atoms with Gasteiger partial charge in [-0.1, -0.05) is 18.2 Å². The van der Waals surface area contributed by atoms with E-state index in [0.717, 1.165) is 10.2 Å². The van der Waals surface area contributed by atoms with Gasteiger partial charge in [-0.25, -0.2) is 4.79 Å². The molecule has 6 heteroatoms. The topological polar surface area (TPSA) is 87.5 Å². The molecule has 1 aromatic heterocycles.